The van der Waals surface area contributed by atoms with Crippen molar-refractivity contribution in [1.29, 1.82) is 0 Å². The second kappa shape index (κ2) is 8.18. The smallest absolute Gasteiger partial charge is 0.332 e. The molecule has 0 bridgehead atoms. The maximum Gasteiger partial charge on any atom is 0.332 e. The Hall–Kier alpha value is -0.980. The molecule has 0 radical (unpaired) electrons. The Labute approximate surface area is 170 Å². The molecule has 1 saturated carbocycles. The fourth-order valence-corrected chi connectivity index (χ4v) is 5.06. The van der Waals surface area contributed by atoms with Gasteiger partial charge in [-0.3, -0.25) is 4.98 Å². The van der Waals surface area contributed by atoms with Crippen LogP contribution in [0.2, 0.25) is 0 Å². The first-order chi connectivity index (χ1) is 12.7. The monoisotopic (exact) mass is 438 g/mol. The Morgan fingerprint density at radius 2 is 1.85 bits per heavy atom. The molecule has 27 heavy (non-hydrogen) atoms. The van der Waals surface area contributed by atoms with Crippen LogP contribution in [0.15, 0.2) is 22.9 Å². The van der Waals surface area contributed by atoms with Crippen molar-refractivity contribution in [2.45, 2.75) is 70.5 Å². The van der Waals surface area contributed by atoms with Crippen molar-refractivity contribution < 1.29 is 14.3 Å². The molecule has 0 unspecified atom stereocenters. The van der Waals surface area contributed by atoms with Crippen LogP contribution in [0.1, 0.15) is 64.9 Å². The minimum Gasteiger partial charge on any atom is -0.458 e. The number of halogens is 1. The fraction of sp³-hybridized carbons (Fsp3) is 0.714. The van der Waals surface area contributed by atoms with Gasteiger partial charge in [-0.2, -0.15) is 0 Å². The minimum absolute atomic E-state index is 0.0272. The molecule has 1 aliphatic carbocycles. The number of carbonyl (C=O) groups is 1. The summed E-state index contributed by atoms with van der Waals surface area (Å²) < 4.78 is 12.7. The molecular weight excluding hydrogens is 408 g/mol. The molecule has 1 aromatic rings. The average molecular weight is 439 g/mol. The first-order valence-corrected chi connectivity index (χ1v) is 10.7. The largest absolute Gasteiger partial charge is 0.458 e. The van der Waals surface area contributed by atoms with E-state index in [2.05, 4.69) is 26.2 Å². The lowest BCUT2D eigenvalue weighted by Crippen LogP contribution is -2.45. The standard InChI is InChI=1S/C21H31BrN2O3/c1-19(2,3)27-18(25)15-26-21(16-4-11-24-14-17(16)22)7-5-20(6-8-21)9-12-23-13-10-20/h4,11,14,23H,5-10,12-13,15H2,1-3H3. The van der Waals surface area contributed by atoms with Crippen molar-refractivity contribution in [2.75, 3.05) is 19.7 Å². The first kappa shape index (κ1) is 20.7. The molecule has 5 nitrogen and oxygen atoms in total. The summed E-state index contributed by atoms with van der Waals surface area (Å²) in [4.78, 5) is 16.5. The highest BCUT2D eigenvalue weighted by Crippen LogP contribution is 2.52. The third-order valence-electron chi connectivity index (χ3n) is 5.93. The van der Waals surface area contributed by atoms with Gasteiger partial charge in [-0.1, -0.05) is 0 Å². The summed E-state index contributed by atoms with van der Waals surface area (Å²) in [6.45, 7) is 7.81. The van der Waals surface area contributed by atoms with Crippen molar-refractivity contribution in [1.82, 2.24) is 10.3 Å². The van der Waals surface area contributed by atoms with Gasteiger partial charge in [-0.25, -0.2) is 4.79 Å². The predicted octanol–water partition coefficient (Wildman–Crippen LogP) is 4.34. The number of nitrogens with one attached hydrogen (secondary N) is 1. The Bertz CT molecular complexity index is 656. The maximum atomic E-state index is 12.3. The number of carbonyl (C=O) groups excluding carboxylic acids is 1. The number of aromatic nitrogens is 1. The normalized spacial score (nSPS) is 21.8. The van der Waals surface area contributed by atoms with Gasteiger partial charge in [0.25, 0.3) is 0 Å². The Morgan fingerprint density at radius 1 is 1.19 bits per heavy atom. The second-order valence-electron chi connectivity index (χ2n) is 8.97. The Kier molecular flexibility index (Phi) is 6.28. The van der Waals surface area contributed by atoms with E-state index >= 15 is 0 Å². The third kappa shape index (κ3) is 5.09. The zero-order chi connectivity index (χ0) is 19.5. The number of piperidine rings is 1. The number of hydrogen-bond acceptors (Lipinski definition) is 5. The molecule has 0 atom stereocenters. The molecule has 3 rings (SSSR count). The summed E-state index contributed by atoms with van der Waals surface area (Å²) in [5.41, 5.74) is 0.541. The van der Waals surface area contributed by atoms with E-state index in [1.165, 1.54) is 12.8 Å². The van der Waals surface area contributed by atoms with Crippen LogP contribution >= 0.6 is 15.9 Å². The zero-order valence-electron chi connectivity index (χ0n) is 16.6. The third-order valence-corrected chi connectivity index (χ3v) is 6.56. The van der Waals surface area contributed by atoms with Crippen LogP contribution in [-0.2, 0) is 19.9 Å². The summed E-state index contributed by atoms with van der Waals surface area (Å²) in [5, 5.41) is 3.47. The molecule has 1 N–H and O–H groups in total. The van der Waals surface area contributed by atoms with Crippen LogP contribution in [-0.4, -0.2) is 36.3 Å². The molecule has 1 aliphatic heterocycles. The predicted molar refractivity (Wildman–Crippen MR) is 108 cm³/mol. The highest BCUT2D eigenvalue weighted by atomic mass is 79.9. The van der Waals surface area contributed by atoms with Gasteiger partial charge < -0.3 is 14.8 Å². The molecular formula is C21H31BrN2O3. The molecule has 0 aromatic carbocycles. The number of nitrogens with zero attached hydrogens (tertiary/aromatic N) is 1. The SMILES string of the molecule is CC(C)(C)OC(=O)COC1(c2ccncc2Br)CCC2(CCNCC2)CC1. The van der Waals surface area contributed by atoms with Crippen molar-refractivity contribution in [3.63, 3.8) is 0 Å². The molecule has 1 saturated heterocycles. The van der Waals surface area contributed by atoms with Crippen LogP contribution in [0.3, 0.4) is 0 Å². The van der Waals surface area contributed by atoms with Crippen LogP contribution in [0.25, 0.3) is 0 Å². The topological polar surface area (TPSA) is 60.5 Å². The lowest BCUT2D eigenvalue weighted by molar-refractivity contribution is -0.172. The second-order valence-corrected chi connectivity index (χ2v) is 9.83. The van der Waals surface area contributed by atoms with Crippen molar-refractivity contribution >= 4 is 21.9 Å². The molecule has 6 heteroatoms. The van der Waals surface area contributed by atoms with E-state index in [-0.39, 0.29) is 12.6 Å². The lowest BCUT2D eigenvalue weighted by Gasteiger charge is -2.48. The summed E-state index contributed by atoms with van der Waals surface area (Å²) in [7, 11) is 0. The minimum atomic E-state index is -0.503. The van der Waals surface area contributed by atoms with Crippen LogP contribution in [0.4, 0.5) is 0 Å². The van der Waals surface area contributed by atoms with Crippen LogP contribution in [0.5, 0.6) is 0 Å². The molecule has 2 heterocycles. The summed E-state index contributed by atoms with van der Waals surface area (Å²) in [5.74, 6) is -0.311. The van der Waals surface area contributed by atoms with Gasteiger partial charge in [0, 0.05) is 22.4 Å². The highest BCUT2D eigenvalue weighted by molar-refractivity contribution is 9.10. The van der Waals surface area contributed by atoms with Crippen LogP contribution in [0, 0.1) is 5.41 Å². The number of esters is 1. The average Bonchev–Trinajstić information content (AvgIpc) is 2.62. The van der Waals surface area contributed by atoms with Gasteiger partial charge in [-0.15, -0.1) is 0 Å². The number of pyridine rings is 1. The van der Waals surface area contributed by atoms with Gasteiger partial charge in [0.2, 0.25) is 0 Å². The number of hydrogen-bond donors (Lipinski definition) is 1. The molecule has 0 amide bonds. The maximum absolute atomic E-state index is 12.3. The van der Waals surface area contributed by atoms with E-state index in [0.717, 1.165) is 48.8 Å². The quantitative estimate of drug-likeness (QED) is 0.708. The van der Waals surface area contributed by atoms with Crippen LogP contribution < -0.4 is 5.32 Å². The van der Waals surface area contributed by atoms with Gasteiger partial charge in [0.15, 0.2) is 0 Å². The summed E-state index contributed by atoms with van der Waals surface area (Å²) in [6.07, 6.45) is 10.1. The zero-order valence-corrected chi connectivity index (χ0v) is 18.2. The first-order valence-electron chi connectivity index (χ1n) is 9.90. The highest BCUT2D eigenvalue weighted by Gasteiger charge is 2.46. The van der Waals surface area contributed by atoms with Gasteiger partial charge in [0.1, 0.15) is 12.2 Å². The lowest BCUT2D eigenvalue weighted by atomic mass is 9.63. The van der Waals surface area contributed by atoms with Gasteiger partial charge in [-0.05, 0) is 99.8 Å². The van der Waals surface area contributed by atoms with E-state index in [1.807, 2.05) is 33.0 Å². The van der Waals surface area contributed by atoms with E-state index < -0.39 is 11.2 Å². The molecule has 150 valence electrons. The van der Waals surface area contributed by atoms with Crippen molar-refractivity contribution in [2.24, 2.45) is 5.41 Å². The van der Waals surface area contributed by atoms with E-state index in [9.17, 15) is 4.79 Å². The summed E-state index contributed by atoms with van der Waals surface area (Å²) >= 11 is 3.64. The molecule has 1 aromatic heterocycles. The van der Waals surface area contributed by atoms with Gasteiger partial charge in [0.05, 0.1) is 5.60 Å². The Balaban J connectivity index is 1.77. The number of ether oxygens (including phenoxy) is 2. The van der Waals surface area contributed by atoms with Gasteiger partial charge >= 0.3 is 5.97 Å². The molecule has 2 fully saturated rings. The number of rotatable bonds is 4. The van der Waals surface area contributed by atoms with E-state index in [4.69, 9.17) is 9.47 Å². The van der Waals surface area contributed by atoms with Crippen molar-refractivity contribution in [3.8, 4) is 0 Å². The van der Waals surface area contributed by atoms with E-state index in [1.54, 1.807) is 6.20 Å². The summed E-state index contributed by atoms with van der Waals surface area (Å²) in [6, 6.07) is 2.01. The fourth-order valence-electron chi connectivity index (χ4n) is 4.45. The molecule has 2 aliphatic rings. The molecule has 1 spiro atoms. The van der Waals surface area contributed by atoms with Crippen molar-refractivity contribution in [3.05, 3.63) is 28.5 Å². The Morgan fingerprint density at radius 3 is 2.44 bits per heavy atom. The van der Waals surface area contributed by atoms with E-state index in [0.29, 0.717) is 5.41 Å².